The number of nitrogens with one attached hydrogen (secondary N) is 1. The lowest BCUT2D eigenvalue weighted by atomic mass is 10.1. The zero-order valence-corrected chi connectivity index (χ0v) is 12.7. The highest BCUT2D eigenvalue weighted by atomic mass is 35.5. The van der Waals surface area contributed by atoms with Crippen molar-refractivity contribution in [3.63, 3.8) is 0 Å². The Hall–Kier alpha value is -2.92. The molecule has 0 saturated carbocycles. The van der Waals surface area contributed by atoms with E-state index in [0.717, 1.165) is 5.56 Å². The van der Waals surface area contributed by atoms with E-state index in [2.05, 4.69) is 15.5 Å². The maximum atomic E-state index is 12.3. The normalized spacial score (nSPS) is 17.6. The number of aliphatic imine (C=N–C) groups is 1. The third kappa shape index (κ3) is 3.30. The predicted octanol–water partition coefficient (Wildman–Crippen LogP) is 3.60. The molecule has 1 heterocycles. The first-order chi connectivity index (χ1) is 11.2. The maximum absolute atomic E-state index is 12.3. The number of carbonyl (C=O) groups is 1. The van der Waals surface area contributed by atoms with Gasteiger partial charge in [-0.1, -0.05) is 47.1 Å². The van der Waals surface area contributed by atoms with Crippen molar-refractivity contribution >= 4 is 40.7 Å². The molecule has 0 fully saturated rings. The van der Waals surface area contributed by atoms with Gasteiger partial charge in [0.25, 0.3) is 0 Å². The van der Waals surface area contributed by atoms with E-state index in [1.807, 2.05) is 30.3 Å². The summed E-state index contributed by atoms with van der Waals surface area (Å²) in [6.07, 6.45) is 1.64. The second-order valence-electron chi connectivity index (χ2n) is 4.81. The summed E-state index contributed by atoms with van der Waals surface area (Å²) in [6, 6.07) is 16.2. The molecule has 0 unspecified atom stereocenters. The van der Waals surface area contributed by atoms with E-state index in [1.165, 1.54) is 0 Å². The fraction of sp³-hybridized carbons (Fsp3) is 0. The predicted molar refractivity (Wildman–Crippen MR) is 91.2 cm³/mol. The van der Waals surface area contributed by atoms with Crippen molar-refractivity contribution in [2.24, 2.45) is 10.1 Å². The molecule has 5 nitrogen and oxygen atoms in total. The average molecular weight is 326 g/mol. The number of hydrogen-bond donors (Lipinski definition) is 2. The van der Waals surface area contributed by atoms with Gasteiger partial charge in [0.15, 0.2) is 11.5 Å². The van der Waals surface area contributed by atoms with Crippen LogP contribution in [-0.4, -0.2) is 22.5 Å². The number of anilines is 1. The number of allylic oxidation sites excluding steroid dienone is 1. The van der Waals surface area contributed by atoms with E-state index < -0.39 is 5.78 Å². The number of carbonyl (C=O) groups excluding carboxylic acids is 1. The third-order valence-corrected chi connectivity index (χ3v) is 3.47. The summed E-state index contributed by atoms with van der Waals surface area (Å²) in [5, 5.41) is 15.7. The number of rotatable bonds is 2. The van der Waals surface area contributed by atoms with Crippen LogP contribution in [0.15, 0.2) is 70.4 Å². The highest BCUT2D eigenvalue weighted by Crippen LogP contribution is 2.19. The zero-order chi connectivity index (χ0) is 16.2. The summed E-state index contributed by atoms with van der Waals surface area (Å²) in [5.41, 5.74) is 1.61. The first-order valence-corrected chi connectivity index (χ1v) is 7.20. The molecule has 0 amide bonds. The standard InChI is InChI=1S/C17H12ClN3O2/c18-12-6-8-13(9-7-12)19-17-15(21-23)16(22)14(20-17)10-11-4-2-1-3-5-11/h1-10,23H,(H,19,20)/b14-10-,21-15-. The van der Waals surface area contributed by atoms with Crippen molar-refractivity contribution in [2.45, 2.75) is 0 Å². The van der Waals surface area contributed by atoms with Crippen molar-refractivity contribution in [3.05, 3.63) is 70.9 Å². The minimum absolute atomic E-state index is 0.123. The monoisotopic (exact) mass is 325 g/mol. The molecule has 2 N–H and O–H groups in total. The van der Waals surface area contributed by atoms with Crippen LogP contribution in [0.5, 0.6) is 0 Å². The summed E-state index contributed by atoms with van der Waals surface area (Å²) < 4.78 is 0. The minimum Gasteiger partial charge on any atom is -0.410 e. The van der Waals surface area contributed by atoms with Crippen LogP contribution in [0.25, 0.3) is 6.08 Å². The van der Waals surface area contributed by atoms with Crippen molar-refractivity contribution in [3.8, 4) is 0 Å². The van der Waals surface area contributed by atoms with E-state index in [9.17, 15) is 4.79 Å². The van der Waals surface area contributed by atoms with Gasteiger partial charge in [0.1, 0.15) is 5.70 Å². The van der Waals surface area contributed by atoms with Gasteiger partial charge in [-0.05, 0) is 35.9 Å². The topological polar surface area (TPSA) is 74.0 Å². The molecule has 0 aromatic heterocycles. The SMILES string of the molecule is O=C1/C(=C/c2ccccc2)N=C(Nc2ccc(Cl)cc2)/C1=N\O. The van der Waals surface area contributed by atoms with E-state index in [1.54, 1.807) is 30.3 Å². The second-order valence-corrected chi connectivity index (χ2v) is 5.25. The summed E-state index contributed by atoms with van der Waals surface area (Å²) in [6.45, 7) is 0. The van der Waals surface area contributed by atoms with Crippen LogP contribution in [0.2, 0.25) is 5.02 Å². The highest BCUT2D eigenvalue weighted by molar-refractivity contribution is 6.74. The van der Waals surface area contributed by atoms with Crippen LogP contribution >= 0.6 is 11.6 Å². The minimum atomic E-state index is -0.437. The first-order valence-electron chi connectivity index (χ1n) is 6.82. The van der Waals surface area contributed by atoms with Crippen molar-refractivity contribution in [2.75, 3.05) is 5.32 Å². The van der Waals surface area contributed by atoms with Crippen molar-refractivity contribution < 1.29 is 10.0 Å². The molecule has 0 spiro atoms. The van der Waals surface area contributed by atoms with Gasteiger partial charge >= 0.3 is 0 Å². The lowest BCUT2D eigenvalue weighted by molar-refractivity contribution is -0.109. The second kappa shape index (κ2) is 6.46. The molecular formula is C17H12ClN3O2. The van der Waals surface area contributed by atoms with Crippen LogP contribution in [0, 0.1) is 0 Å². The van der Waals surface area contributed by atoms with Crippen molar-refractivity contribution in [1.82, 2.24) is 0 Å². The van der Waals surface area contributed by atoms with Crippen LogP contribution in [0.4, 0.5) is 5.69 Å². The summed E-state index contributed by atoms with van der Waals surface area (Å²) in [4.78, 5) is 16.5. The highest BCUT2D eigenvalue weighted by Gasteiger charge is 2.30. The molecule has 23 heavy (non-hydrogen) atoms. The molecule has 1 aliphatic rings. The molecule has 0 radical (unpaired) electrons. The molecule has 0 bridgehead atoms. The number of hydrogen-bond acceptors (Lipinski definition) is 5. The lowest BCUT2D eigenvalue weighted by Gasteiger charge is -2.04. The molecule has 0 atom stereocenters. The lowest BCUT2D eigenvalue weighted by Crippen LogP contribution is -2.24. The molecule has 2 aromatic rings. The third-order valence-electron chi connectivity index (χ3n) is 3.21. The van der Waals surface area contributed by atoms with Gasteiger partial charge in [0.2, 0.25) is 5.78 Å². The van der Waals surface area contributed by atoms with E-state index in [-0.39, 0.29) is 17.2 Å². The van der Waals surface area contributed by atoms with Crippen LogP contribution in [-0.2, 0) is 4.79 Å². The summed E-state index contributed by atoms with van der Waals surface area (Å²) in [7, 11) is 0. The smallest absolute Gasteiger partial charge is 0.237 e. The van der Waals surface area contributed by atoms with Crippen LogP contribution in [0.3, 0.4) is 0 Å². The number of ketones is 1. The van der Waals surface area contributed by atoms with Gasteiger partial charge in [-0.2, -0.15) is 0 Å². The quantitative estimate of drug-likeness (QED) is 0.503. The largest absolute Gasteiger partial charge is 0.410 e. The summed E-state index contributed by atoms with van der Waals surface area (Å²) >= 11 is 5.84. The molecule has 3 rings (SSSR count). The average Bonchev–Trinajstić information content (AvgIpc) is 2.85. The number of benzene rings is 2. The Morgan fingerprint density at radius 3 is 2.43 bits per heavy atom. The number of Topliss-reactive ketones (excluding diaryl/α,β-unsaturated/α-hetero) is 1. The molecule has 6 heteroatoms. The van der Waals surface area contributed by atoms with E-state index in [0.29, 0.717) is 10.7 Å². The first kappa shape index (κ1) is 15.0. The van der Waals surface area contributed by atoms with Gasteiger partial charge in [-0.3, -0.25) is 4.79 Å². The Balaban J connectivity index is 1.92. The van der Waals surface area contributed by atoms with Crippen LogP contribution in [0.1, 0.15) is 5.56 Å². The van der Waals surface area contributed by atoms with E-state index in [4.69, 9.17) is 16.8 Å². The van der Waals surface area contributed by atoms with Gasteiger partial charge in [-0.25, -0.2) is 4.99 Å². The number of halogens is 1. The zero-order valence-electron chi connectivity index (χ0n) is 11.9. The molecule has 2 aromatic carbocycles. The molecule has 114 valence electrons. The van der Waals surface area contributed by atoms with Gasteiger partial charge < -0.3 is 10.5 Å². The molecule has 0 aliphatic carbocycles. The molecule has 0 saturated heterocycles. The Bertz CT molecular complexity index is 825. The molecular weight excluding hydrogens is 314 g/mol. The molecule has 1 aliphatic heterocycles. The Kier molecular flexibility index (Phi) is 4.21. The van der Waals surface area contributed by atoms with Crippen molar-refractivity contribution in [1.29, 1.82) is 0 Å². The fourth-order valence-corrected chi connectivity index (χ4v) is 2.23. The maximum Gasteiger partial charge on any atom is 0.237 e. The van der Waals surface area contributed by atoms with E-state index >= 15 is 0 Å². The Morgan fingerprint density at radius 1 is 1.09 bits per heavy atom. The van der Waals surface area contributed by atoms with Gasteiger partial charge in [0.05, 0.1) is 0 Å². The summed E-state index contributed by atoms with van der Waals surface area (Å²) in [5.74, 6) is -0.241. The van der Waals surface area contributed by atoms with Gasteiger partial charge in [-0.15, -0.1) is 0 Å². The number of amidine groups is 1. The number of nitrogens with zero attached hydrogens (tertiary/aromatic N) is 2. The fourth-order valence-electron chi connectivity index (χ4n) is 2.11. The van der Waals surface area contributed by atoms with Gasteiger partial charge in [0, 0.05) is 10.7 Å². The Morgan fingerprint density at radius 2 is 1.78 bits per heavy atom. The Labute approximate surface area is 137 Å². The number of oxime groups is 1. The van der Waals surface area contributed by atoms with Crippen LogP contribution < -0.4 is 5.32 Å².